The first kappa shape index (κ1) is 10.6. The normalized spacial score (nSPS) is 11.9. The third-order valence-electron chi connectivity index (χ3n) is 1.78. The van der Waals surface area contributed by atoms with Crippen LogP contribution in [-0.2, 0) is 6.54 Å². The Morgan fingerprint density at radius 3 is 3.00 bits per heavy atom. The van der Waals surface area contributed by atoms with Crippen molar-refractivity contribution in [2.75, 3.05) is 6.54 Å². The summed E-state index contributed by atoms with van der Waals surface area (Å²) in [5.74, 6) is 2.02. The Morgan fingerprint density at radius 2 is 2.43 bits per heavy atom. The van der Waals surface area contributed by atoms with Gasteiger partial charge in [-0.25, -0.2) is 0 Å². The first-order valence-corrected chi connectivity index (χ1v) is 4.45. The maximum absolute atomic E-state index is 8.27. The number of oxime groups is 1. The Labute approximate surface area is 82.6 Å². The minimum Gasteiger partial charge on any atom is -0.465 e. The van der Waals surface area contributed by atoms with Crippen molar-refractivity contribution >= 4 is 5.84 Å². The SMILES string of the molecule is Cc1ccc(CNCCC(N)=NO)o1. The van der Waals surface area contributed by atoms with Gasteiger partial charge in [-0.2, -0.15) is 0 Å². The third kappa shape index (κ3) is 3.49. The second-order valence-corrected chi connectivity index (χ2v) is 3.03. The van der Waals surface area contributed by atoms with Gasteiger partial charge in [0.15, 0.2) is 0 Å². The molecule has 0 saturated carbocycles. The van der Waals surface area contributed by atoms with Crippen molar-refractivity contribution in [1.29, 1.82) is 0 Å². The van der Waals surface area contributed by atoms with Crippen LogP contribution in [0.4, 0.5) is 0 Å². The molecule has 14 heavy (non-hydrogen) atoms. The summed E-state index contributed by atoms with van der Waals surface area (Å²) in [5, 5.41) is 14.3. The van der Waals surface area contributed by atoms with Gasteiger partial charge in [-0.05, 0) is 19.1 Å². The highest BCUT2D eigenvalue weighted by atomic mass is 16.4. The predicted octanol–water partition coefficient (Wildman–Crippen LogP) is 0.814. The van der Waals surface area contributed by atoms with E-state index >= 15 is 0 Å². The summed E-state index contributed by atoms with van der Waals surface area (Å²) in [4.78, 5) is 0. The van der Waals surface area contributed by atoms with E-state index in [2.05, 4.69) is 10.5 Å². The van der Waals surface area contributed by atoms with Crippen LogP contribution >= 0.6 is 0 Å². The zero-order valence-corrected chi connectivity index (χ0v) is 8.16. The van der Waals surface area contributed by atoms with Gasteiger partial charge in [0, 0.05) is 13.0 Å². The Hall–Kier alpha value is -1.49. The minimum atomic E-state index is 0.230. The smallest absolute Gasteiger partial charge is 0.140 e. The molecule has 0 aliphatic rings. The maximum Gasteiger partial charge on any atom is 0.140 e. The van der Waals surface area contributed by atoms with E-state index in [1.807, 2.05) is 19.1 Å². The van der Waals surface area contributed by atoms with Gasteiger partial charge in [0.05, 0.1) is 6.54 Å². The lowest BCUT2D eigenvalue weighted by Gasteiger charge is -2.00. The molecule has 1 heterocycles. The van der Waals surface area contributed by atoms with Crippen molar-refractivity contribution in [2.24, 2.45) is 10.9 Å². The van der Waals surface area contributed by atoms with Gasteiger partial charge in [0.1, 0.15) is 17.4 Å². The lowest BCUT2D eigenvalue weighted by Crippen LogP contribution is -2.21. The lowest BCUT2D eigenvalue weighted by atomic mass is 10.4. The average Bonchev–Trinajstić information content (AvgIpc) is 2.58. The zero-order chi connectivity index (χ0) is 10.4. The Bertz CT molecular complexity index is 307. The summed E-state index contributed by atoms with van der Waals surface area (Å²) in [5.41, 5.74) is 5.29. The molecule has 1 rings (SSSR count). The zero-order valence-electron chi connectivity index (χ0n) is 8.16. The van der Waals surface area contributed by atoms with Crippen LogP contribution < -0.4 is 11.1 Å². The summed E-state index contributed by atoms with van der Waals surface area (Å²) in [6.45, 7) is 3.22. The number of amidine groups is 1. The van der Waals surface area contributed by atoms with E-state index in [1.165, 1.54) is 0 Å². The summed E-state index contributed by atoms with van der Waals surface area (Å²) in [7, 11) is 0. The second-order valence-electron chi connectivity index (χ2n) is 3.03. The van der Waals surface area contributed by atoms with Crippen molar-refractivity contribution in [3.8, 4) is 0 Å². The number of nitrogens with two attached hydrogens (primary N) is 1. The van der Waals surface area contributed by atoms with Gasteiger partial charge in [-0.15, -0.1) is 0 Å². The summed E-state index contributed by atoms with van der Waals surface area (Å²) >= 11 is 0. The molecule has 1 aromatic heterocycles. The number of hydrogen-bond donors (Lipinski definition) is 3. The Balaban J connectivity index is 2.16. The van der Waals surface area contributed by atoms with E-state index in [-0.39, 0.29) is 5.84 Å². The molecule has 0 saturated heterocycles. The van der Waals surface area contributed by atoms with Gasteiger partial charge < -0.3 is 20.7 Å². The average molecular weight is 197 g/mol. The van der Waals surface area contributed by atoms with Crippen LogP contribution in [0.15, 0.2) is 21.7 Å². The number of rotatable bonds is 5. The molecule has 0 radical (unpaired) electrons. The Kier molecular flexibility index (Phi) is 4.00. The molecule has 0 aliphatic carbocycles. The van der Waals surface area contributed by atoms with E-state index < -0.39 is 0 Å². The molecule has 5 nitrogen and oxygen atoms in total. The van der Waals surface area contributed by atoms with E-state index in [0.29, 0.717) is 19.5 Å². The topological polar surface area (TPSA) is 83.8 Å². The second kappa shape index (κ2) is 5.29. The molecular formula is C9H15N3O2. The molecule has 0 spiro atoms. The Morgan fingerprint density at radius 1 is 1.64 bits per heavy atom. The minimum absolute atomic E-state index is 0.230. The van der Waals surface area contributed by atoms with Gasteiger partial charge in [-0.3, -0.25) is 0 Å². The fourth-order valence-electron chi connectivity index (χ4n) is 1.06. The van der Waals surface area contributed by atoms with Gasteiger partial charge in [0.2, 0.25) is 0 Å². The number of nitrogens with one attached hydrogen (secondary N) is 1. The molecule has 0 fully saturated rings. The van der Waals surface area contributed by atoms with Gasteiger partial charge in [-0.1, -0.05) is 5.16 Å². The molecule has 0 aliphatic heterocycles. The number of aryl methyl sites for hydroxylation is 1. The van der Waals surface area contributed by atoms with Crippen LogP contribution in [0.3, 0.4) is 0 Å². The molecule has 78 valence electrons. The quantitative estimate of drug-likeness (QED) is 0.214. The van der Waals surface area contributed by atoms with E-state index in [9.17, 15) is 0 Å². The van der Waals surface area contributed by atoms with E-state index in [0.717, 1.165) is 11.5 Å². The molecule has 4 N–H and O–H groups in total. The van der Waals surface area contributed by atoms with E-state index in [1.54, 1.807) is 0 Å². The van der Waals surface area contributed by atoms with Crippen molar-refractivity contribution < 1.29 is 9.62 Å². The predicted molar refractivity (Wildman–Crippen MR) is 53.2 cm³/mol. The largest absolute Gasteiger partial charge is 0.465 e. The molecule has 0 amide bonds. The third-order valence-corrected chi connectivity index (χ3v) is 1.78. The van der Waals surface area contributed by atoms with Crippen LogP contribution in [0.5, 0.6) is 0 Å². The highest BCUT2D eigenvalue weighted by molar-refractivity contribution is 5.79. The molecule has 5 heteroatoms. The summed E-state index contributed by atoms with van der Waals surface area (Å²) < 4.78 is 5.34. The lowest BCUT2D eigenvalue weighted by molar-refractivity contribution is 0.316. The fraction of sp³-hybridized carbons (Fsp3) is 0.444. The maximum atomic E-state index is 8.27. The summed E-state index contributed by atoms with van der Waals surface area (Å²) in [6.07, 6.45) is 0.524. The van der Waals surface area contributed by atoms with Gasteiger partial charge in [0.25, 0.3) is 0 Å². The first-order valence-electron chi connectivity index (χ1n) is 4.45. The van der Waals surface area contributed by atoms with Crippen molar-refractivity contribution in [3.05, 3.63) is 23.7 Å². The van der Waals surface area contributed by atoms with Gasteiger partial charge >= 0.3 is 0 Å². The van der Waals surface area contributed by atoms with E-state index in [4.69, 9.17) is 15.4 Å². The van der Waals surface area contributed by atoms with Crippen molar-refractivity contribution in [2.45, 2.75) is 19.9 Å². The van der Waals surface area contributed by atoms with Crippen molar-refractivity contribution in [3.63, 3.8) is 0 Å². The van der Waals surface area contributed by atoms with Crippen LogP contribution in [0, 0.1) is 6.92 Å². The van der Waals surface area contributed by atoms with Crippen molar-refractivity contribution in [1.82, 2.24) is 5.32 Å². The first-order chi connectivity index (χ1) is 6.72. The summed E-state index contributed by atoms with van der Waals surface area (Å²) in [6, 6.07) is 3.84. The van der Waals surface area contributed by atoms with Crippen LogP contribution in [0.2, 0.25) is 0 Å². The molecule has 0 aromatic carbocycles. The van der Waals surface area contributed by atoms with Crippen LogP contribution in [0.1, 0.15) is 17.9 Å². The van der Waals surface area contributed by atoms with Crippen LogP contribution in [0.25, 0.3) is 0 Å². The number of nitrogens with zero attached hydrogens (tertiary/aromatic N) is 1. The fourth-order valence-corrected chi connectivity index (χ4v) is 1.06. The molecule has 0 unspecified atom stereocenters. The number of furan rings is 1. The highest BCUT2D eigenvalue weighted by Crippen LogP contribution is 2.04. The molecule has 0 atom stereocenters. The molecular weight excluding hydrogens is 182 g/mol. The standard InChI is InChI=1S/C9H15N3O2/c1-7-2-3-8(14-7)6-11-5-4-9(10)12-13/h2-3,11,13H,4-6H2,1H3,(H2,10,12). The number of hydrogen-bond acceptors (Lipinski definition) is 4. The highest BCUT2D eigenvalue weighted by Gasteiger charge is 1.98. The molecule has 1 aromatic rings. The molecule has 0 bridgehead atoms. The monoisotopic (exact) mass is 197 g/mol. The van der Waals surface area contributed by atoms with Crippen LogP contribution in [-0.4, -0.2) is 17.6 Å².